The Bertz CT molecular complexity index is 345. The SMILES string of the molecule is Cl.OC[C@H](c1ccccc1F)N1CCNCC1. The van der Waals surface area contributed by atoms with Gasteiger partial charge in [0.15, 0.2) is 0 Å². The van der Waals surface area contributed by atoms with Crippen LogP contribution >= 0.6 is 12.4 Å². The Kier molecular flexibility index (Phi) is 5.85. The van der Waals surface area contributed by atoms with Gasteiger partial charge in [0, 0.05) is 31.7 Å². The van der Waals surface area contributed by atoms with Gasteiger partial charge in [-0.05, 0) is 6.07 Å². The number of nitrogens with one attached hydrogen (secondary N) is 1. The van der Waals surface area contributed by atoms with Crippen molar-refractivity contribution in [2.24, 2.45) is 0 Å². The van der Waals surface area contributed by atoms with Crippen LogP contribution in [0.4, 0.5) is 4.39 Å². The molecule has 1 atom stereocenters. The van der Waals surface area contributed by atoms with E-state index in [1.807, 2.05) is 6.07 Å². The highest BCUT2D eigenvalue weighted by Crippen LogP contribution is 2.22. The second kappa shape index (κ2) is 6.91. The van der Waals surface area contributed by atoms with E-state index in [1.54, 1.807) is 12.1 Å². The summed E-state index contributed by atoms with van der Waals surface area (Å²) >= 11 is 0. The van der Waals surface area contributed by atoms with Crippen molar-refractivity contribution in [1.29, 1.82) is 0 Å². The molecule has 0 unspecified atom stereocenters. The smallest absolute Gasteiger partial charge is 0.128 e. The number of hydrogen-bond donors (Lipinski definition) is 2. The lowest BCUT2D eigenvalue weighted by Crippen LogP contribution is -2.46. The van der Waals surface area contributed by atoms with Crippen LogP contribution in [0.25, 0.3) is 0 Å². The Morgan fingerprint density at radius 3 is 2.53 bits per heavy atom. The molecule has 0 spiro atoms. The molecule has 1 saturated heterocycles. The number of rotatable bonds is 3. The van der Waals surface area contributed by atoms with Gasteiger partial charge in [-0.15, -0.1) is 12.4 Å². The Hall–Kier alpha value is -0.680. The molecule has 0 saturated carbocycles. The Balaban J connectivity index is 0.00000144. The van der Waals surface area contributed by atoms with E-state index in [-0.39, 0.29) is 30.9 Å². The van der Waals surface area contributed by atoms with Crippen LogP contribution in [0.2, 0.25) is 0 Å². The highest BCUT2D eigenvalue weighted by atomic mass is 35.5. The van der Waals surface area contributed by atoms with Gasteiger partial charge in [-0.1, -0.05) is 18.2 Å². The quantitative estimate of drug-likeness (QED) is 0.857. The molecule has 2 N–H and O–H groups in total. The number of benzene rings is 1. The minimum absolute atomic E-state index is 0. The third-order valence-corrected chi connectivity index (χ3v) is 3.03. The van der Waals surface area contributed by atoms with Gasteiger partial charge in [-0.3, -0.25) is 4.90 Å². The molecule has 1 heterocycles. The summed E-state index contributed by atoms with van der Waals surface area (Å²) < 4.78 is 13.6. The van der Waals surface area contributed by atoms with Gasteiger partial charge in [0.1, 0.15) is 5.82 Å². The molecule has 0 aliphatic carbocycles. The third-order valence-electron chi connectivity index (χ3n) is 3.03. The van der Waals surface area contributed by atoms with E-state index in [9.17, 15) is 9.50 Å². The molecule has 3 nitrogen and oxygen atoms in total. The van der Waals surface area contributed by atoms with E-state index in [2.05, 4.69) is 10.2 Å². The molecule has 5 heteroatoms. The van der Waals surface area contributed by atoms with Gasteiger partial charge in [-0.2, -0.15) is 0 Å². The maximum atomic E-state index is 13.6. The zero-order valence-electron chi connectivity index (χ0n) is 9.60. The summed E-state index contributed by atoms with van der Waals surface area (Å²) in [5, 5.41) is 12.7. The summed E-state index contributed by atoms with van der Waals surface area (Å²) in [4.78, 5) is 2.12. The highest BCUT2D eigenvalue weighted by Gasteiger charge is 2.23. The summed E-state index contributed by atoms with van der Waals surface area (Å²) in [5.74, 6) is -0.236. The second-order valence-electron chi connectivity index (χ2n) is 4.01. The standard InChI is InChI=1S/C12H17FN2O.ClH/c13-11-4-2-1-3-10(11)12(9-16)15-7-5-14-6-8-15;/h1-4,12,14,16H,5-9H2;1H/t12-;/m1./s1. The largest absolute Gasteiger partial charge is 0.394 e. The van der Waals surface area contributed by atoms with Gasteiger partial charge in [0.05, 0.1) is 12.6 Å². The molecular formula is C12H18ClFN2O. The molecule has 0 bridgehead atoms. The highest BCUT2D eigenvalue weighted by molar-refractivity contribution is 5.85. The number of piperazine rings is 1. The van der Waals surface area contributed by atoms with Gasteiger partial charge in [0.25, 0.3) is 0 Å². The average molecular weight is 261 g/mol. The van der Waals surface area contributed by atoms with E-state index in [0.29, 0.717) is 5.56 Å². The van der Waals surface area contributed by atoms with Crippen LogP contribution in [-0.4, -0.2) is 42.8 Å². The van der Waals surface area contributed by atoms with Crippen LogP contribution in [0.3, 0.4) is 0 Å². The Morgan fingerprint density at radius 1 is 1.29 bits per heavy atom. The molecule has 0 amide bonds. The van der Waals surface area contributed by atoms with Crippen molar-refractivity contribution in [3.8, 4) is 0 Å². The van der Waals surface area contributed by atoms with Crippen LogP contribution in [0.1, 0.15) is 11.6 Å². The Morgan fingerprint density at radius 2 is 1.94 bits per heavy atom. The molecule has 1 aromatic carbocycles. The van der Waals surface area contributed by atoms with E-state index in [4.69, 9.17) is 0 Å². The fraction of sp³-hybridized carbons (Fsp3) is 0.500. The van der Waals surface area contributed by atoms with Crippen molar-refractivity contribution in [3.63, 3.8) is 0 Å². The average Bonchev–Trinajstić information content (AvgIpc) is 2.34. The normalized spacial score (nSPS) is 18.5. The number of aliphatic hydroxyl groups excluding tert-OH is 1. The fourth-order valence-corrected chi connectivity index (χ4v) is 2.15. The van der Waals surface area contributed by atoms with Crippen molar-refractivity contribution in [2.45, 2.75) is 6.04 Å². The van der Waals surface area contributed by atoms with Crippen LogP contribution in [0.15, 0.2) is 24.3 Å². The monoisotopic (exact) mass is 260 g/mol. The van der Waals surface area contributed by atoms with Gasteiger partial charge >= 0.3 is 0 Å². The molecular weight excluding hydrogens is 243 g/mol. The lowest BCUT2D eigenvalue weighted by atomic mass is 10.0. The van der Waals surface area contributed by atoms with Crippen molar-refractivity contribution >= 4 is 12.4 Å². The molecule has 1 fully saturated rings. The second-order valence-corrected chi connectivity index (χ2v) is 4.01. The predicted molar refractivity (Wildman–Crippen MR) is 67.9 cm³/mol. The molecule has 17 heavy (non-hydrogen) atoms. The number of nitrogens with zero attached hydrogens (tertiary/aromatic N) is 1. The first-order valence-corrected chi connectivity index (χ1v) is 5.63. The van der Waals surface area contributed by atoms with E-state index < -0.39 is 0 Å². The van der Waals surface area contributed by atoms with Gasteiger partial charge in [0.2, 0.25) is 0 Å². The van der Waals surface area contributed by atoms with Crippen LogP contribution in [0, 0.1) is 5.82 Å². The van der Waals surface area contributed by atoms with E-state index >= 15 is 0 Å². The minimum Gasteiger partial charge on any atom is -0.394 e. The molecule has 96 valence electrons. The lowest BCUT2D eigenvalue weighted by molar-refractivity contribution is 0.108. The van der Waals surface area contributed by atoms with Crippen LogP contribution in [0.5, 0.6) is 0 Å². The maximum Gasteiger partial charge on any atom is 0.128 e. The van der Waals surface area contributed by atoms with E-state index in [0.717, 1.165) is 26.2 Å². The summed E-state index contributed by atoms with van der Waals surface area (Å²) in [7, 11) is 0. The lowest BCUT2D eigenvalue weighted by Gasteiger charge is -2.34. The molecule has 2 rings (SSSR count). The van der Waals surface area contributed by atoms with Crippen molar-refractivity contribution < 1.29 is 9.50 Å². The summed E-state index contributed by atoms with van der Waals surface area (Å²) in [6.45, 7) is 3.44. The first-order valence-electron chi connectivity index (χ1n) is 5.63. The van der Waals surface area contributed by atoms with Gasteiger partial charge in [-0.25, -0.2) is 4.39 Å². The van der Waals surface area contributed by atoms with Crippen LogP contribution in [-0.2, 0) is 0 Å². The van der Waals surface area contributed by atoms with Crippen LogP contribution < -0.4 is 5.32 Å². The maximum absolute atomic E-state index is 13.6. The topological polar surface area (TPSA) is 35.5 Å². The van der Waals surface area contributed by atoms with Crippen molar-refractivity contribution in [3.05, 3.63) is 35.6 Å². The predicted octanol–water partition coefficient (Wildman–Crippen LogP) is 1.19. The first-order chi connectivity index (χ1) is 7.83. The van der Waals surface area contributed by atoms with Crippen molar-refractivity contribution in [1.82, 2.24) is 10.2 Å². The molecule has 0 radical (unpaired) electrons. The Labute approximate surface area is 107 Å². The summed E-state index contributed by atoms with van der Waals surface area (Å²) in [5.41, 5.74) is 0.590. The first kappa shape index (κ1) is 14.4. The molecule has 1 aliphatic rings. The number of halogens is 2. The molecule has 1 aromatic rings. The molecule has 1 aliphatic heterocycles. The van der Waals surface area contributed by atoms with Gasteiger partial charge < -0.3 is 10.4 Å². The van der Waals surface area contributed by atoms with E-state index in [1.165, 1.54) is 6.07 Å². The zero-order valence-corrected chi connectivity index (χ0v) is 10.4. The zero-order chi connectivity index (χ0) is 11.4. The number of aliphatic hydroxyl groups is 1. The fourth-order valence-electron chi connectivity index (χ4n) is 2.15. The molecule has 0 aromatic heterocycles. The third kappa shape index (κ3) is 3.39. The summed E-state index contributed by atoms with van der Waals surface area (Å²) in [6, 6.07) is 6.45. The van der Waals surface area contributed by atoms with Crippen molar-refractivity contribution in [2.75, 3.05) is 32.8 Å². The summed E-state index contributed by atoms with van der Waals surface area (Å²) in [6.07, 6.45) is 0. The minimum atomic E-state index is -0.236. The number of hydrogen-bond acceptors (Lipinski definition) is 3.